The van der Waals surface area contributed by atoms with Crippen molar-refractivity contribution in [2.24, 2.45) is 0 Å². The van der Waals surface area contributed by atoms with Crippen LogP contribution in [0.4, 0.5) is 0 Å². The number of aromatic hydroxyl groups is 1. The van der Waals surface area contributed by atoms with E-state index in [1.165, 1.54) is 6.07 Å². The van der Waals surface area contributed by atoms with Crippen LogP contribution < -0.4 is 5.32 Å². The van der Waals surface area contributed by atoms with Crippen molar-refractivity contribution in [1.29, 1.82) is 0 Å². The summed E-state index contributed by atoms with van der Waals surface area (Å²) in [5.74, 6) is -1.15. The molecule has 5 nitrogen and oxygen atoms in total. The molecular weight excluding hydrogens is 306 g/mol. The van der Waals surface area contributed by atoms with E-state index in [9.17, 15) is 14.7 Å². The molecule has 0 heterocycles. The minimum atomic E-state index is -0.893. The van der Waals surface area contributed by atoms with E-state index in [-0.39, 0.29) is 24.1 Å². The van der Waals surface area contributed by atoms with Gasteiger partial charge in [0.25, 0.3) is 5.91 Å². The Morgan fingerprint density at radius 1 is 1.12 bits per heavy atom. The Balaban J connectivity index is 2.09. The third-order valence-corrected chi connectivity index (χ3v) is 3.84. The van der Waals surface area contributed by atoms with Gasteiger partial charge in [-0.1, -0.05) is 36.4 Å². The SMILES string of the molecule is Cc1ccc(C(=O)NC(CCC(=O)O)Cc2ccccc2)cc1O. The number of hydrogen-bond donors (Lipinski definition) is 3. The fourth-order valence-corrected chi connectivity index (χ4v) is 2.44. The number of carbonyl (C=O) groups is 2. The van der Waals surface area contributed by atoms with Gasteiger partial charge >= 0.3 is 5.97 Å². The third-order valence-electron chi connectivity index (χ3n) is 3.84. The van der Waals surface area contributed by atoms with E-state index in [1.807, 2.05) is 30.3 Å². The molecule has 0 spiro atoms. The van der Waals surface area contributed by atoms with Gasteiger partial charge < -0.3 is 15.5 Å². The molecule has 3 N–H and O–H groups in total. The summed E-state index contributed by atoms with van der Waals surface area (Å²) in [6, 6.07) is 14.0. The van der Waals surface area contributed by atoms with E-state index < -0.39 is 5.97 Å². The first-order valence-corrected chi connectivity index (χ1v) is 7.82. The molecule has 1 atom stereocenters. The topological polar surface area (TPSA) is 86.6 Å². The molecular formula is C19H21NO4. The van der Waals surface area contributed by atoms with E-state index in [1.54, 1.807) is 19.1 Å². The number of amides is 1. The quantitative estimate of drug-likeness (QED) is 0.730. The average molecular weight is 327 g/mol. The molecule has 0 fully saturated rings. The Hall–Kier alpha value is -2.82. The molecule has 0 saturated heterocycles. The maximum atomic E-state index is 12.4. The van der Waals surface area contributed by atoms with Crippen LogP contribution in [0.15, 0.2) is 48.5 Å². The molecule has 24 heavy (non-hydrogen) atoms. The number of nitrogens with one attached hydrogen (secondary N) is 1. The van der Waals surface area contributed by atoms with Crippen LogP contribution in [0.1, 0.15) is 34.3 Å². The van der Waals surface area contributed by atoms with Gasteiger partial charge in [0.2, 0.25) is 0 Å². The van der Waals surface area contributed by atoms with Crippen LogP contribution in [0.2, 0.25) is 0 Å². The number of aliphatic carboxylic acids is 1. The molecule has 0 aliphatic heterocycles. The molecule has 2 rings (SSSR count). The molecule has 0 saturated carbocycles. The lowest BCUT2D eigenvalue weighted by Crippen LogP contribution is -2.36. The largest absolute Gasteiger partial charge is 0.508 e. The molecule has 126 valence electrons. The van der Waals surface area contributed by atoms with Crippen molar-refractivity contribution in [1.82, 2.24) is 5.32 Å². The summed E-state index contributed by atoms with van der Waals surface area (Å²) in [6.07, 6.45) is 0.877. The molecule has 0 aromatic heterocycles. The minimum Gasteiger partial charge on any atom is -0.508 e. The second-order valence-electron chi connectivity index (χ2n) is 5.79. The summed E-state index contributed by atoms with van der Waals surface area (Å²) in [4.78, 5) is 23.2. The van der Waals surface area contributed by atoms with Crippen LogP contribution in [0.5, 0.6) is 5.75 Å². The van der Waals surface area contributed by atoms with Crippen molar-refractivity contribution < 1.29 is 19.8 Å². The predicted octanol–water partition coefficient (Wildman–Crippen LogP) is 2.91. The van der Waals surface area contributed by atoms with Gasteiger partial charge in [0.1, 0.15) is 5.75 Å². The van der Waals surface area contributed by atoms with Crippen LogP contribution in [-0.2, 0) is 11.2 Å². The summed E-state index contributed by atoms with van der Waals surface area (Å²) in [6.45, 7) is 1.75. The maximum Gasteiger partial charge on any atom is 0.303 e. The highest BCUT2D eigenvalue weighted by molar-refractivity contribution is 5.94. The maximum absolute atomic E-state index is 12.4. The first-order valence-electron chi connectivity index (χ1n) is 7.82. The van der Waals surface area contributed by atoms with Crippen LogP contribution in [0.3, 0.4) is 0 Å². The van der Waals surface area contributed by atoms with Crippen molar-refractivity contribution in [3.63, 3.8) is 0 Å². The van der Waals surface area contributed by atoms with Crippen LogP contribution in [-0.4, -0.2) is 28.1 Å². The fraction of sp³-hybridized carbons (Fsp3) is 0.263. The average Bonchev–Trinajstić information content (AvgIpc) is 2.56. The molecule has 2 aromatic carbocycles. The van der Waals surface area contributed by atoms with Crippen molar-refractivity contribution in [2.75, 3.05) is 0 Å². The smallest absolute Gasteiger partial charge is 0.303 e. The number of phenolic OH excluding ortho intramolecular Hbond substituents is 1. The number of carbonyl (C=O) groups excluding carboxylic acids is 1. The second kappa shape index (κ2) is 8.15. The summed E-state index contributed by atoms with van der Waals surface area (Å²) in [7, 11) is 0. The number of aryl methyl sites for hydroxylation is 1. The van der Waals surface area contributed by atoms with Gasteiger partial charge in [0.05, 0.1) is 0 Å². The Morgan fingerprint density at radius 2 is 1.83 bits per heavy atom. The van der Waals surface area contributed by atoms with Gasteiger partial charge in [-0.15, -0.1) is 0 Å². The highest BCUT2D eigenvalue weighted by Crippen LogP contribution is 2.18. The van der Waals surface area contributed by atoms with Crippen LogP contribution in [0, 0.1) is 6.92 Å². The fourth-order valence-electron chi connectivity index (χ4n) is 2.44. The Kier molecular flexibility index (Phi) is 5.95. The summed E-state index contributed by atoms with van der Waals surface area (Å²) >= 11 is 0. The highest BCUT2D eigenvalue weighted by atomic mass is 16.4. The van der Waals surface area contributed by atoms with Crippen molar-refractivity contribution in [2.45, 2.75) is 32.2 Å². The Labute approximate surface area is 141 Å². The third kappa shape index (κ3) is 5.12. The Morgan fingerprint density at radius 3 is 2.46 bits per heavy atom. The first kappa shape index (κ1) is 17.5. The van der Waals surface area contributed by atoms with E-state index in [0.29, 0.717) is 24.0 Å². The van der Waals surface area contributed by atoms with Gasteiger partial charge in [-0.25, -0.2) is 0 Å². The van der Waals surface area contributed by atoms with Gasteiger partial charge in [-0.2, -0.15) is 0 Å². The number of phenols is 1. The van der Waals surface area contributed by atoms with Gasteiger partial charge in [0.15, 0.2) is 0 Å². The monoisotopic (exact) mass is 327 g/mol. The van der Waals surface area contributed by atoms with Gasteiger partial charge in [-0.3, -0.25) is 9.59 Å². The van der Waals surface area contributed by atoms with Crippen molar-refractivity contribution in [3.8, 4) is 5.75 Å². The van der Waals surface area contributed by atoms with Crippen LogP contribution >= 0.6 is 0 Å². The molecule has 1 amide bonds. The minimum absolute atomic E-state index is 0.0169. The molecule has 1 unspecified atom stereocenters. The molecule has 0 bridgehead atoms. The van der Waals surface area contributed by atoms with E-state index in [2.05, 4.69) is 5.32 Å². The second-order valence-corrected chi connectivity index (χ2v) is 5.79. The standard InChI is InChI=1S/C19H21NO4/c1-13-7-8-15(12-17(13)21)19(24)20-16(9-10-18(22)23)11-14-5-3-2-4-6-14/h2-8,12,16,21H,9-11H2,1H3,(H,20,24)(H,22,23). The predicted molar refractivity (Wildman–Crippen MR) is 91.1 cm³/mol. The lowest BCUT2D eigenvalue weighted by Gasteiger charge is -2.18. The summed E-state index contributed by atoms with van der Waals surface area (Å²) < 4.78 is 0. The molecule has 0 radical (unpaired) electrons. The van der Waals surface area contributed by atoms with Crippen molar-refractivity contribution in [3.05, 3.63) is 65.2 Å². The molecule has 5 heteroatoms. The lowest BCUT2D eigenvalue weighted by molar-refractivity contribution is -0.137. The van der Waals surface area contributed by atoms with Gasteiger partial charge in [0, 0.05) is 18.0 Å². The van der Waals surface area contributed by atoms with E-state index in [4.69, 9.17) is 5.11 Å². The highest BCUT2D eigenvalue weighted by Gasteiger charge is 2.16. The summed E-state index contributed by atoms with van der Waals surface area (Å²) in [5.41, 5.74) is 2.07. The number of benzene rings is 2. The van der Waals surface area contributed by atoms with Crippen molar-refractivity contribution >= 4 is 11.9 Å². The zero-order valence-corrected chi connectivity index (χ0v) is 13.5. The molecule has 0 aliphatic carbocycles. The number of carboxylic acids is 1. The first-order chi connectivity index (χ1) is 11.5. The number of carboxylic acid groups (broad SMARTS) is 1. The molecule has 2 aromatic rings. The zero-order chi connectivity index (χ0) is 17.5. The zero-order valence-electron chi connectivity index (χ0n) is 13.5. The van der Waals surface area contributed by atoms with Gasteiger partial charge in [-0.05, 0) is 43.0 Å². The molecule has 0 aliphatic rings. The number of rotatable bonds is 7. The van der Waals surface area contributed by atoms with E-state index in [0.717, 1.165) is 5.56 Å². The van der Waals surface area contributed by atoms with E-state index >= 15 is 0 Å². The Bertz CT molecular complexity index is 713. The number of hydrogen-bond acceptors (Lipinski definition) is 3. The lowest BCUT2D eigenvalue weighted by atomic mass is 10.0. The normalized spacial score (nSPS) is 11.7. The van der Waals surface area contributed by atoms with Crippen LogP contribution in [0.25, 0.3) is 0 Å². The summed E-state index contributed by atoms with van der Waals surface area (Å²) in [5, 5.41) is 21.5.